The van der Waals surface area contributed by atoms with Crippen molar-refractivity contribution in [2.45, 2.75) is 26.1 Å². The number of rotatable bonds is 4. The van der Waals surface area contributed by atoms with Crippen molar-refractivity contribution in [2.75, 3.05) is 0 Å². The lowest BCUT2D eigenvalue weighted by atomic mass is 10.1. The van der Waals surface area contributed by atoms with E-state index in [0.717, 1.165) is 24.3 Å². The highest BCUT2D eigenvalue weighted by molar-refractivity contribution is 5.23. The molecule has 112 valence electrons. The third-order valence-corrected chi connectivity index (χ3v) is 3.21. The van der Waals surface area contributed by atoms with Gasteiger partial charge in [-0.3, -0.25) is 0 Å². The Morgan fingerprint density at radius 1 is 0.714 bits per heavy atom. The van der Waals surface area contributed by atoms with Crippen LogP contribution >= 0.6 is 0 Å². The van der Waals surface area contributed by atoms with Gasteiger partial charge in [0.15, 0.2) is 0 Å². The molecule has 2 atom stereocenters. The molecule has 0 saturated carbocycles. The number of hydrogen-bond donors (Lipinski definition) is 0. The zero-order chi connectivity index (χ0) is 15.6. The standard InChI is InChI=1S/C16H14F4O/c1-9(13-5-3-11(17)7-15(13)19)21-10(2)14-6-4-12(18)8-16(14)20/h3-10H,1-2H3. The molecule has 0 fully saturated rings. The van der Waals surface area contributed by atoms with Crippen molar-refractivity contribution in [2.24, 2.45) is 0 Å². The summed E-state index contributed by atoms with van der Waals surface area (Å²) in [4.78, 5) is 0. The lowest BCUT2D eigenvalue weighted by molar-refractivity contribution is 0.00221. The maximum atomic E-state index is 13.6. The first-order chi connectivity index (χ1) is 9.88. The molecule has 0 spiro atoms. The van der Waals surface area contributed by atoms with Gasteiger partial charge in [0, 0.05) is 23.3 Å². The van der Waals surface area contributed by atoms with Crippen molar-refractivity contribution in [3.63, 3.8) is 0 Å². The predicted molar refractivity (Wildman–Crippen MR) is 70.6 cm³/mol. The second kappa shape index (κ2) is 6.26. The van der Waals surface area contributed by atoms with Gasteiger partial charge in [-0.05, 0) is 26.0 Å². The molecule has 2 rings (SSSR count). The van der Waals surface area contributed by atoms with E-state index in [1.54, 1.807) is 13.8 Å². The summed E-state index contributed by atoms with van der Waals surface area (Å²) in [7, 11) is 0. The van der Waals surface area contributed by atoms with E-state index in [2.05, 4.69) is 0 Å². The number of hydrogen-bond acceptors (Lipinski definition) is 1. The summed E-state index contributed by atoms with van der Waals surface area (Å²) in [6.07, 6.45) is -1.41. The molecule has 0 aliphatic heterocycles. The average molecular weight is 298 g/mol. The van der Waals surface area contributed by atoms with Gasteiger partial charge in [-0.2, -0.15) is 0 Å². The number of halogens is 4. The molecule has 2 unspecified atom stereocenters. The lowest BCUT2D eigenvalue weighted by Crippen LogP contribution is -2.08. The van der Waals surface area contributed by atoms with E-state index in [-0.39, 0.29) is 11.1 Å². The fourth-order valence-corrected chi connectivity index (χ4v) is 2.12. The molecule has 0 aliphatic carbocycles. The summed E-state index contributed by atoms with van der Waals surface area (Å²) >= 11 is 0. The first-order valence-corrected chi connectivity index (χ1v) is 6.44. The van der Waals surface area contributed by atoms with Crippen LogP contribution in [-0.4, -0.2) is 0 Å². The molecule has 0 N–H and O–H groups in total. The van der Waals surface area contributed by atoms with Crippen LogP contribution in [0.15, 0.2) is 36.4 Å². The number of benzene rings is 2. The summed E-state index contributed by atoms with van der Waals surface area (Å²) in [5.41, 5.74) is 0.344. The highest BCUT2D eigenvalue weighted by atomic mass is 19.1. The fraction of sp³-hybridized carbons (Fsp3) is 0.250. The number of ether oxygens (including phenoxy) is 1. The second-order valence-electron chi connectivity index (χ2n) is 4.75. The summed E-state index contributed by atoms with van der Waals surface area (Å²) in [6, 6.07) is 6.34. The molecule has 0 amide bonds. The van der Waals surface area contributed by atoms with E-state index >= 15 is 0 Å². The fourth-order valence-electron chi connectivity index (χ4n) is 2.12. The third-order valence-electron chi connectivity index (χ3n) is 3.21. The molecule has 1 nitrogen and oxygen atoms in total. The molecule has 2 aromatic carbocycles. The van der Waals surface area contributed by atoms with Gasteiger partial charge >= 0.3 is 0 Å². The molecular formula is C16H14F4O. The van der Waals surface area contributed by atoms with Crippen molar-refractivity contribution in [3.8, 4) is 0 Å². The van der Waals surface area contributed by atoms with Gasteiger partial charge < -0.3 is 4.74 Å². The summed E-state index contributed by atoms with van der Waals surface area (Å²) in [6.45, 7) is 3.16. The van der Waals surface area contributed by atoms with Gasteiger partial charge in [0.25, 0.3) is 0 Å². The van der Waals surface area contributed by atoms with Crippen LogP contribution in [0, 0.1) is 23.3 Å². The maximum absolute atomic E-state index is 13.6. The van der Waals surface area contributed by atoms with Crippen LogP contribution in [0.4, 0.5) is 17.6 Å². The zero-order valence-electron chi connectivity index (χ0n) is 11.5. The van der Waals surface area contributed by atoms with Crippen LogP contribution in [0.2, 0.25) is 0 Å². The zero-order valence-corrected chi connectivity index (χ0v) is 11.5. The van der Waals surface area contributed by atoms with E-state index in [1.807, 2.05) is 0 Å². The van der Waals surface area contributed by atoms with E-state index in [1.165, 1.54) is 12.1 Å². The Balaban J connectivity index is 2.16. The Labute approximate surface area is 120 Å². The molecule has 0 aliphatic rings. The molecule has 21 heavy (non-hydrogen) atoms. The van der Waals surface area contributed by atoms with Crippen molar-refractivity contribution >= 4 is 0 Å². The van der Waals surface area contributed by atoms with Crippen LogP contribution < -0.4 is 0 Å². The third kappa shape index (κ3) is 3.61. The quantitative estimate of drug-likeness (QED) is 0.715. The molecule has 0 bridgehead atoms. The summed E-state index contributed by atoms with van der Waals surface area (Å²) in [5.74, 6) is -2.81. The first kappa shape index (κ1) is 15.5. The van der Waals surface area contributed by atoms with Gasteiger partial charge in [0.05, 0.1) is 12.2 Å². The Morgan fingerprint density at radius 3 is 1.43 bits per heavy atom. The van der Waals surface area contributed by atoms with E-state index in [9.17, 15) is 17.6 Å². The normalized spacial score (nSPS) is 14.0. The molecular weight excluding hydrogens is 284 g/mol. The van der Waals surface area contributed by atoms with Crippen LogP contribution in [0.25, 0.3) is 0 Å². The second-order valence-corrected chi connectivity index (χ2v) is 4.75. The van der Waals surface area contributed by atoms with Gasteiger partial charge in [0.1, 0.15) is 23.3 Å². The molecule has 0 aromatic heterocycles. The van der Waals surface area contributed by atoms with Gasteiger partial charge in [-0.25, -0.2) is 17.6 Å². The van der Waals surface area contributed by atoms with Crippen molar-refractivity contribution in [1.29, 1.82) is 0 Å². The van der Waals surface area contributed by atoms with Crippen molar-refractivity contribution in [3.05, 3.63) is 70.8 Å². The predicted octanol–water partition coefficient (Wildman–Crippen LogP) is 5.08. The Kier molecular flexibility index (Phi) is 4.63. The topological polar surface area (TPSA) is 9.23 Å². The van der Waals surface area contributed by atoms with Gasteiger partial charge in [-0.15, -0.1) is 0 Å². The van der Waals surface area contributed by atoms with Crippen molar-refractivity contribution in [1.82, 2.24) is 0 Å². The molecule has 0 saturated heterocycles. The monoisotopic (exact) mass is 298 g/mol. The molecule has 0 heterocycles. The van der Waals surface area contributed by atoms with E-state index in [0.29, 0.717) is 0 Å². The van der Waals surface area contributed by atoms with E-state index in [4.69, 9.17) is 4.74 Å². The minimum Gasteiger partial charge on any atom is -0.366 e. The molecule has 2 aromatic rings. The Bertz CT molecular complexity index is 587. The highest BCUT2D eigenvalue weighted by Gasteiger charge is 2.18. The van der Waals surface area contributed by atoms with Crippen molar-refractivity contribution < 1.29 is 22.3 Å². The first-order valence-electron chi connectivity index (χ1n) is 6.44. The average Bonchev–Trinajstić information content (AvgIpc) is 2.37. The largest absolute Gasteiger partial charge is 0.366 e. The SMILES string of the molecule is CC(OC(C)c1ccc(F)cc1F)c1ccc(F)cc1F. The van der Waals surface area contributed by atoms with Crippen LogP contribution in [0.3, 0.4) is 0 Å². The Hall–Kier alpha value is -1.88. The minimum atomic E-state index is -0.728. The molecule has 5 heteroatoms. The highest BCUT2D eigenvalue weighted by Crippen LogP contribution is 2.29. The Morgan fingerprint density at radius 2 is 1.10 bits per heavy atom. The van der Waals surface area contributed by atoms with Crippen LogP contribution in [-0.2, 0) is 4.74 Å². The van der Waals surface area contributed by atoms with E-state index < -0.39 is 35.5 Å². The summed E-state index contributed by atoms with van der Waals surface area (Å²) < 4.78 is 58.5. The minimum absolute atomic E-state index is 0.172. The van der Waals surface area contributed by atoms with Crippen LogP contribution in [0.1, 0.15) is 37.2 Å². The smallest absolute Gasteiger partial charge is 0.131 e. The maximum Gasteiger partial charge on any atom is 0.131 e. The van der Waals surface area contributed by atoms with Gasteiger partial charge in [-0.1, -0.05) is 12.1 Å². The molecule has 0 radical (unpaired) electrons. The summed E-state index contributed by atoms with van der Waals surface area (Å²) in [5, 5.41) is 0. The lowest BCUT2D eigenvalue weighted by Gasteiger charge is -2.20. The van der Waals surface area contributed by atoms with Crippen LogP contribution in [0.5, 0.6) is 0 Å². The van der Waals surface area contributed by atoms with Gasteiger partial charge in [0.2, 0.25) is 0 Å².